The van der Waals surface area contributed by atoms with Gasteiger partial charge in [-0.25, -0.2) is 0 Å². The maximum atomic E-state index is 12.7. The Bertz CT molecular complexity index is 635. The van der Waals surface area contributed by atoms with E-state index in [2.05, 4.69) is 15.2 Å². The molecule has 6 nitrogen and oxygen atoms in total. The largest absolute Gasteiger partial charge is 0.451 e. The average molecular weight is 284 g/mol. The third-order valence-electron chi connectivity index (χ3n) is 3.18. The van der Waals surface area contributed by atoms with Gasteiger partial charge in [0.1, 0.15) is 0 Å². The molecular weight excluding hydrogens is 273 g/mol. The van der Waals surface area contributed by atoms with E-state index < -0.39 is 12.0 Å². The molecule has 0 saturated carbocycles. The fourth-order valence-corrected chi connectivity index (χ4v) is 2.26. The number of nitrogens with zero attached hydrogens (tertiary/aromatic N) is 5. The smallest absolute Gasteiger partial charge is 0.396 e. The molecule has 0 fully saturated rings. The Labute approximate surface area is 112 Å². The third kappa shape index (κ3) is 2.04. The molecule has 106 valence electrons. The van der Waals surface area contributed by atoms with Crippen molar-refractivity contribution in [3.8, 4) is 0 Å². The standard InChI is InChI=1S/C11H11F3N6/c12-11(13,14)10-18-17-9-6-19(3-4-20(9)10)8-1-2-16-5-7(8)15/h1-2,5H,3-4,6,15H2. The van der Waals surface area contributed by atoms with Crippen LogP contribution in [0.3, 0.4) is 0 Å². The molecule has 3 heterocycles. The summed E-state index contributed by atoms with van der Waals surface area (Å²) in [5, 5.41) is 6.86. The highest BCUT2D eigenvalue weighted by Gasteiger charge is 2.39. The van der Waals surface area contributed by atoms with Crippen LogP contribution in [-0.4, -0.2) is 26.3 Å². The first-order valence-electron chi connectivity index (χ1n) is 5.90. The fourth-order valence-electron chi connectivity index (χ4n) is 2.26. The van der Waals surface area contributed by atoms with Gasteiger partial charge in [0.05, 0.1) is 24.1 Å². The molecule has 1 aliphatic rings. The summed E-state index contributed by atoms with van der Waals surface area (Å²) in [6.07, 6.45) is -1.38. The molecule has 0 spiro atoms. The van der Waals surface area contributed by atoms with Gasteiger partial charge in [0, 0.05) is 19.3 Å². The van der Waals surface area contributed by atoms with Crippen LogP contribution in [-0.2, 0) is 19.3 Å². The Morgan fingerprint density at radius 3 is 2.70 bits per heavy atom. The van der Waals surface area contributed by atoms with Crippen LogP contribution >= 0.6 is 0 Å². The van der Waals surface area contributed by atoms with Crippen LogP contribution in [0.15, 0.2) is 18.5 Å². The molecule has 0 bridgehead atoms. The Kier molecular flexibility index (Phi) is 2.77. The number of pyridine rings is 1. The van der Waals surface area contributed by atoms with Crippen molar-refractivity contribution in [3.63, 3.8) is 0 Å². The second-order valence-corrected chi connectivity index (χ2v) is 4.45. The fraction of sp³-hybridized carbons (Fsp3) is 0.364. The number of anilines is 2. The summed E-state index contributed by atoms with van der Waals surface area (Å²) >= 11 is 0. The number of hydrogen-bond acceptors (Lipinski definition) is 5. The molecule has 0 aliphatic carbocycles. The lowest BCUT2D eigenvalue weighted by Crippen LogP contribution is -2.35. The molecule has 1 aliphatic heterocycles. The monoisotopic (exact) mass is 284 g/mol. The SMILES string of the molecule is Nc1cnccc1N1CCn2c(nnc2C(F)(F)F)C1. The van der Waals surface area contributed by atoms with Crippen LogP contribution in [0, 0.1) is 0 Å². The average Bonchev–Trinajstić information content (AvgIpc) is 2.82. The van der Waals surface area contributed by atoms with Crippen LogP contribution in [0.25, 0.3) is 0 Å². The highest BCUT2D eigenvalue weighted by Crippen LogP contribution is 2.31. The zero-order chi connectivity index (χ0) is 14.3. The van der Waals surface area contributed by atoms with Crippen molar-refractivity contribution in [1.82, 2.24) is 19.7 Å². The minimum atomic E-state index is -4.48. The summed E-state index contributed by atoms with van der Waals surface area (Å²) in [5.74, 6) is -0.672. The van der Waals surface area contributed by atoms with Gasteiger partial charge >= 0.3 is 6.18 Å². The van der Waals surface area contributed by atoms with Crippen LogP contribution in [0.2, 0.25) is 0 Å². The van der Waals surface area contributed by atoms with Crippen molar-refractivity contribution in [3.05, 3.63) is 30.1 Å². The first-order chi connectivity index (χ1) is 9.47. The van der Waals surface area contributed by atoms with Crippen LogP contribution in [0.1, 0.15) is 11.6 Å². The first kappa shape index (κ1) is 12.7. The molecule has 2 N–H and O–H groups in total. The molecule has 3 rings (SSSR count). The van der Waals surface area contributed by atoms with E-state index in [1.54, 1.807) is 12.3 Å². The molecule has 20 heavy (non-hydrogen) atoms. The summed E-state index contributed by atoms with van der Waals surface area (Å²) in [4.78, 5) is 5.75. The van der Waals surface area contributed by atoms with Crippen molar-refractivity contribution in [2.24, 2.45) is 0 Å². The minimum absolute atomic E-state index is 0.166. The quantitative estimate of drug-likeness (QED) is 0.854. The van der Waals surface area contributed by atoms with Gasteiger partial charge in [-0.15, -0.1) is 10.2 Å². The van der Waals surface area contributed by atoms with E-state index in [0.717, 1.165) is 10.3 Å². The number of aromatic nitrogens is 4. The Morgan fingerprint density at radius 1 is 1.20 bits per heavy atom. The lowest BCUT2D eigenvalue weighted by molar-refractivity contribution is -0.147. The van der Waals surface area contributed by atoms with E-state index in [1.807, 2.05) is 4.90 Å². The number of halogens is 3. The van der Waals surface area contributed by atoms with E-state index in [9.17, 15) is 13.2 Å². The van der Waals surface area contributed by atoms with Crippen molar-refractivity contribution in [2.75, 3.05) is 17.2 Å². The van der Waals surface area contributed by atoms with Gasteiger partial charge in [-0.2, -0.15) is 13.2 Å². The lowest BCUT2D eigenvalue weighted by Gasteiger charge is -2.30. The van der Waals surface area contributed by atoms with Gasteiger partial charge in [0.15, 0.2) is 5.82 Å². The van der Waals surface area contributed by atoms with Crippen molar-refractivity contribution < 1.29 is 13.2 Å². The van der Waals surface area contributed by atoms with E-state index >= 15 is 0 Å². The number of alkyl halides is 3. The lowest BCUT2D eigenvalue weighted by atomic mass is 10.2. The van der Waals surface area contributed by atoms with E-state index in [-0.39, 0.29) is 18.9 Å². The Balaban J connectivity index is 1.91. The second-order valence-electron chi connectivity index (χ2n) is 4.45. The Morgan fingerprint density at radius 2 is 2.00 bits per heavy atom. The van der Waals surface area contributed by atoms with Crippen molar-refractivity contribution in [1.29, 1.82) is 0 Å². The molecule has 2 aromatic rings. The summed E-state index contributed by atoms with van der Waals surface area (Å²) < 4.78 is 39.3. The van der Waals surface area contributed by atoms with Crippen LogP contribution in [0.4, 0.5) is 24.5 Å². The van der Waals surface area contributed by atoms with Gasteiger partial charge < -0.3 is 15.2 Å². The number of rotatable bonds is 1. The summed E-state index contributed by atoms with van der Waals surface area (Å²) in [6, 6.07) is 1.73. The summed E-state index contributed by atoms with van der Waals surface area (Å²) in [5.41, 5.74) is 7.04. The highest BCUT2D eigenvalue weighted by molar-refractivity contribution is 5.66. The highest BCUT2D eigenvalue weighted by atomic mass is 19.4. The van der Waals surface area contributed by atoms with Gasteiger partial charge in [-0.1, -0.05) is 0 Å². The molecular formula is C11H11F3N6. The molecule has 0 saturated heterocycles. The molecule has 0 radical (unpaired) electrons. The second kappa shape index (κ2) is 4.36. The van der Waals surface area contributed by atoms with Crippen molar-refractivity contribution in [2.45, 2.75) is 19.3 Å². The predicted octanol–water partition coefficient (Wildman–Crippen LogP) is 1.29. The maximum Gasteiger partial charge on any atom is 0.451 e. The molecule has 0 unspecified atom stereocenters. The van der Waals surface area contributed by atoms with E-state index in [0.29, 0.717) is 12.2 Å². The third-order valence-corrected chi connectivity index (χ3v) is 3.18. The number of nitrogen functional groups attached to an aromatic ring is 1. The van der Waals surface area contributed by atoms with Crippen molar-refractivity contribution >= 4 is 11.4 Å². The number of hydrogen-bond donors (Lipinski definition) is 1. The topological polar surface area (TPSA) is 72.9 Å². The van der Waals surface area contributed by atoms with Gasteiger partial charge in [-0.3, -0.25) is 4.98 Å². The van der Waals surface area contributed by atoms with Gasteiger partial charge in [0.25, 0.3) is 0 Å². The predicted molar refractivity (Wildman–Crippen MR) is 64.7 cm³/mol. The maximum absolute atomic E-state index is 12.7. The molecule has 9 heteroatoms. The van der Waals surface area contributed by atoms with Crippen LogP contribution < -0.4 is 10.6 Å². The normalized spacial score (nSPS) is 15.2. The summed E-state index contributed by atoms with van der Waals surface area (Å²) in [7, 11) is 0. The molecule has 2 aromatic heterocycles. The molecule has 0 atom stereocenters. The first-order valence-corrected chi connectivity index (χ1v) is 5.90. The van der Waals surface area contributed by atoms with Gasteiger partial charge in [0.2, 0.25) is 5.82 Å². The molecule has 0 amide bonds. The number of nitrogens with two attached hydrogens (primary N) is 1. The number of fused-ring (bicyclic) bond motifs is 1. The zero-order valence-corrected chi connectivity index (χ0v) is 10.3. The van der Waals surface area contributed by atoms with E-state index in [4.69, 9.17) is 5.73 Å². The minimum Gasteiger partial charge on any atom is -0.396 e. The van der Waals surface area contributed by atoms with E-state index in [1.165, 1.54) is 6.20 Å². The van der Waals surface area contributed by atoms with Gasteiger partial charge in [-0.05, 0) is 6.07 Å². The zero-order valence-electron chi connectivity index (χ0n) is 10.3. The van der Waals surface area contributed by atoms with Crippen LogP contribution in [0.5, 0.6) is 0 Å². The Hall–Kier alpha value is -2.32. The molecule has 0 aromatic carbocycles. The summed E-state index contributed by atoms with van der Waals surface area (Å²) in [6.45, 7) is 0.804.